The number of likely N-dealkylation sites (N-methyl/N-ethyl adjacent to an activating group) is 1. The fraction of sp³-hybridized carbons (Fsp3) is 0.489. The first-order valence-corrected chi connectivity index (χ1v) is 22.5. The van der Waals surface area contributed by atoms with Gasteiger partial charge in [0.2, 0.25) is 6.79 Å². The van der Waals surface area contributed by atoms with Crippen molar-refractivity contribution in [2.45, 2.75) is 94.1 Å². The van der Waals surface area contributed by atoms with Crippen LogP contribution >= 0.6 is 11.8 Å². The Balaban J connectivity index is 1.27. The van der Waals surface area contributed by atoms with Gasteiger partial charge >= 0.3 is 18.3 Å². The third-order valence-electron chi connectivity index (χ3n) is 13.3. The Morgan fingerprint density at radius 2 is 1.80 bits per heavy atom. The Morgan fingerprint density at radius 1 is 1.03 bits per heavy atom. The van der Waals surface area contributed by atoms with E-state index in [1.165, 1.54) is 32.1 Å². The third-order valence-corrected chi connectivity index (χ3v) is 14.7. The normalized spacial score (nSPS) is 26.3. The van der Waals surface area contributed by atoms with Gasteiger partial charge in [-0.1, -0.05) is 18.7 Å². The van der Waals surface area contributed by atoms with E-state index in [9.17, 15) is 20.0 Å². The molecule has 18 heteroatoms. The molecule has 0 aliphatic carbocycles. The molecule has 1 spiro atoms. The maximum Gasteiger partial charge on any atom is 0.514 e. The Kier molecular flexibility index (Phi) is 11.3. The molecule has 7 heterocycles. The van der Waals surface area contributed by atoms with Crippen LogP contribution < -0.4 is 33.7 Å². The topological polar surface area (TPSA) is 197 Å². The maximum absolute atomic E-state index is 15.1. The van der Waals surface area contributed by atoms with Crippen molar-refractivity contribution < 1.29 is 62.1 Å². The molecule has 2 saturated heterocycles. The number of carbonyl (C=O) groups excluding carboxylic acids is 3. The lowest BCUT2D eigenvalue weighted by Crippen LogP contribution is -2.69. The number of phenols is 1. The van der Waals surface area contributed by atoms with E-state index in [2.05, 4.69) is 27.8 Å². The maximum atomic E-state index is 15.1. The SMILES string of the molecule is C=CCOC(=O)Oc1c(C)c2c(c3c1[C@H]1SC[C@]4(NCCc5cc(OC(=O)OC(C)(C)C)c(OC)cc54)C(=O)OC[C@@H]3N3C1[C@H]1c4c(cc(C)c(OC)c4O)C[C@H]([C@@H]3C#N)N1C)OCO2. The minimum atomic E-state index is -1.49. The van der Waals surface area contributed by atoms with Crippen LogP contribution in [0.2, 0.25) is 0 Å². The molecule has 10 rings (SSSR count). The minimum absolute atomic E-state index is 0.0000326. The number of nitriles is 1. The largest absolute Gasteiger partial charge is 0.514 e. The minimum Gasteiger partial charge on any atom is -0.504 e. The Labute approximate surface area is 380 Å². The monoisotopic (exact) mass is 912 g/mol. The molecule has 2 fully saturated rings. The number of phenolic OH excluding ortho intramolecular Hbond substituents is 1. The summed E-state index contributed by atoms with van der Waals surface area (Å²) >= 11 is 1.41. The lowest BCUT2D eigenvalue weighted by molar-refractivity contribution is -0.157. The number of ether oxygens (including phenoxy) is 9. The van der Waals surface area contributed by atoms with Crippen molar-refractivity contribution in [1.29, 1.82) is 5.26 Å². The summed E-state index contributed by atoms with van der Waals surface area (Å²) in [6, 6.07) is 4.88. The Hall–Kier alpha value is -5.87. The predicted molar refractivity (Wildman–Crippen MR) is 234 cm³/mol. The van der Waals surface area contributed by atoms with Crippen molar-refractivity contribution in [3.8, 4) is 46.3 Å². The smallest absolute Gasteiger partial charge is 0.504 e. The van der Waals surface area contributed by atoms with Crippen molar-refractivity contribution in [3.05, 3.63) is 75.4 Å². The molecular formula is C47H52N4O13S. The number of fused-ring (bicyclic) bond motifs is 9. The highest BCUT2D eigenvalue weighted by atomic mass is 32.2. The molecule has 7 atom stereocenters. The second-order valence-corrected chi connectivity index (χ2v) is 19.1. The molecule has 0 saturated carbocycles. The zero-order valence-electron chi connectivity index (χ0n) is 37.5. The fourth-order valence-corrected chi connectivity index (χ4v) is 12.4. The van der Waals surface area contributed by atoms with Crippen molar-refractivity contribution in [1.82, 2.24) is 15.1 Å². The molecule has 65 heavy (non-hydrogen) atoms. The number of nitrogens with zero attached hydrogens (tertiary/aromatic N) is 3. The van der Waals surface area contributed by atoms with Crippen LogP contribution in [0.25, 0.3) is 0 Å². The standard InChI is InChI=1S/C47H52N4O13S/c1-10-13-58-44(54)63-39-23(3)40-41(61-21-60-40)33-29-19-59-43(53)47(26-17-30(56-8)31(16-24(26)11-12-49-47)62-45(55)64-46(4,5)6)20-65-42(34(33)39)36-35-32-25(14-22(2)38(57-9)37(32)52)15-27(50(35)7)28(18-48)51(29)36/h10,14,16-17,27-29,35-36,42,49,52H,1,11-13,15,19-21H2,2-9H3/t27-,28+,29+,35-,36?,42-,47-/m1/s1. The van der Waals surface area contributed by atoms with Gasteiger partial charge in [-0.15, -0.1) is 11.8 Å². The van der Waals surface area contributed by atoms with E-state index in [0.29, 0.717) is 64.5 Å². The van der Waals surface area contributed by atoms with E-state index in [0.717, 1.165) is 16.7 Å². The van der Waals surface area contributed by atoms with Gasteiger partial charge in [0.05, 0.1) is 37.6 Å². The molecule has 344 valence electrons. The number of methoxy groups -OCH3 is 2. The predicted octanol–water partition coefficient (Wildman–Crippen LogP) is 6.37. The van der Waals surface area contributed by atoms with Crippen molar-refractivity contribution in [2.75, 3.05) is 53.6 Å². The number of benzene rings is 3. The molecule has 17 nitrogen and oxygen atoms in total. The van der Waals surface area contributed by atoms with Crippen LogP contribution in [0.4, 0.5) is 9.59 Å². The molecular weight excluding hydrogens is 861 g/mol. The molecule has 3 aromatic rings. The van der Waals surface area contributed by atoms with E-state index in [1.807, 2.05) is 20.0 Å². The van der Waals surface area contributed by atoms with E-state index >= 15 is 4.79 Å². The molecule has 0 aromatic heterocycles. The highest BCUT2D eigenvalue weighted by Gasteiger charge is 2.62. The zero-order chi connectivity index (χ0) is 46.3. The number of piperazine rings is 1. The summed E-state index contributed by atoms with van der Waals surface area (Å²) in [6.07, 6.45) is 0.472. The first-order valence-electron chi connectivity index (χ1n) is 21.4. The van der Waals surface area contributed by atoms with Crippen molar-refractivity contribution in [3.63, 3.8) is 0 Å². The molecule has 2 N–H and O–H groups in total. The zero-order valence-corrected chi connectivity index (χ0v) is 38.3. The van der Waals surface area contributed by atoms with Crippen LogP contribution in [0.5, 0.6) is 40.2 Å². The Morgan fingerprint density at radius 3 is 2.51 bits per heavy atom. The van der Waals surface area contributed by atoms with Gasteiger partial charge in [0, 0.05) is 46.6 Å². The summed E-state index contributed by atoms with van der Waals surface area (Å²) in [5, 5.41) is 26.3. The van der Waals surface area contributed by atoms with Crippen LogP contribution in [0, 0.1) is 25.2 Å². The lowest BCUT2D eigenvalue weighted by atomic mass is 9.71. The summed E-state index contributed by atoms with van der Waals surface area (Å²) in [5.41, 5.74) is 2.91. The van der Waals surface area contributed by atoms with Gasteiger partial charge in [0.25, 0.3) is 0 Å². The van der Waals surface area contributed by atoms with Gasteiger partial charge in [-0.25, -0.2) is 14.4 Å². The second kappa shape index (κ2) is 16.5. The quantitative estimate of drug-likeness (QED) is 0.120. The van der Waals surface area contributed by atoms with Gasteiger partial charge < -0.3 is 47.7 Å². The summed E-state index contributed by atoms with van der Waals surface area (Å²) in [7, 11) is 4.92. The molecule has 7 aliphatic heterocycles. The molecule has 4 bridgehead atoms. The first-order chi connectivity index (χ1) is 31.1. The van der Waals surface area contributed by atoms with E-state index in [-0.39, 0.29) is 54.8 Å². The number of rotatable bonds is 6. The highest BCUT2D eigenvalue weighted by molar-refractivity contribution is 7.99. The van der Waals surface area contributed by atoms with Gasteiger partial charge in [-0.05, 0) is 88.9 Å². The van der Waals surface area contributed by atoms with E-state index < -0.39 is 58.8 Å². The second-order valence-electron chi connectivity index (χ2n) is 18.0. The number of hydrogen-bond donors (Lipinski definition) is 2. The Bertz CT molecular complexity index is 2550. The lowest BCUT2D eigenvalue weighted by Gasteiger charge is -2.62. The first kappa shape index (κ1) is 44.3. The van der Waals surface area contributed by atoms with Gasteiger partial charge in [0.1, 0.15) is 30.6 Å². The summed E-state index contributed by atoms with van der Waals surface area (Å²) in [5.74, 6) is 1.08. The summed E-state index contributed by atoms with van der Waals surface area (Å²) < 4.78 is 53.2. The van der Waals surface area contributed by atoms with Crippen LogP contribution in [0.15, 0.2) is 30.9 Å². The van der Waals surface area contributed by atoms with Crippen LogP contribution in [0.1, 0.15) is 82.6 Å². The number of aryl methyl sites for hydroxylation is 1. The number of esters is 1. The molecule has 7 aliphatic rings. The van der Waals surface area contributed by atoms with Crippen molar-refractivity contribution in [2.24, 2.45) is 0 Å². The van der Waals surface area contributed by atoms with Crippen LogP contribution in [0.3, 0.4) is 0 Å². The number of carbonyl (C=O) groups is 3. The van der Waals surface area contributed by atoms with Crippen LogP contribution in [-0.4, -0.2) is 110 Å². The van der Waals surface area contributed by atoms with Gasteiger partial charge in [0.15, 0.2) is 40.0 Å². The number of hydrogen-bond acceptors (Lipinski definition) is 18. The number of aromatic hydroxyl groups is 1. The molecule has 0 amide bonds. The average molecular weight is 913 g/mol. The third kappa shape index (κ3) is 7.05. The summed E-state index contributed by atoms with van der Waals surface area (Å²) in [6.45, 7) is 12.4. The number of thioether (sulfide) groups is 1. The van der Waals surface area contributed by atoms with Crippen molar-refractivity contribution >= 4 is 30.0 Å². The van der Waals surface area contributed by atoms with E-state index in [4.69, 9.17) is 42.6 Å². The average Bonchev–Trinajstić information content (AvgIpc) is 3.75. The molecule has 0 radical (unpaired) electrons. The highest BCUT2D eigenvalue weighted by Crippen LogP contribution is 2.64. The number of nitrogens with one attached hydrogen (secondary N) is 1. The van der Waals surface area contributed by atoms with Gasteiger partial charge in [-0.3, -0.25) is 15.1 Å². The molecule has 3 aromatic carbocycles. The van der Waals surface area contributed by atoms with Crippen LogP contribution in [-0.2, 0) is 37.4 Å². The molecule has 1 unspecified atom stereocenters. The summed E-state index contributed by atoms with van der Waals surface area (Å²) in [4.78, 5) is 45.8. The van der Waals surface area contributed by atoms with E-state index in [1.54, 1.807) is 39.8 Å². The fourth-order valence-electron chi connectivity index (χ4n) is 10.7. The van der Waals surface area contributed by atoms with Gasteiger partial charge in [-0.2, -0.15) is 5.26 Å².